The fourth-order valence-corrected chi connectivity index (χ4v) is 2.43. The summed E-state index contributed by atoms with van der Waals surface area (Å²) in [7, 11) is 1.95. The Labute approximate surface area is 112 Å². The molecule has 0 fully saturated rings. The number of aromatic amines is 1. The van der Waals surface area contributed by atoms with Gasteiger partial charge in [-0.05, 0) is 23.4 Å². The van der Waals surface area contributed by atoms with Gasteiger partial charge in [-0.1, -0.05) is 25.1 Å². The number of fused-ring (bicyclic) bond motifs is 1. The van der Waals surface area contributed by atoms with E-state index in [0.29, 0.717) is 0 Å². The summed E-state index contributed by atoms with van der Waals surface area (Å²) in [6, 6.07) is 8.46. The summed E-state index contributed by atoms with van der Waals surface area (Å²) >= 11 is 0. The van der Waals surface area contributed by atoms with Crippen LogP contribution in [-0.2, 0) is 20.0 Å². The molecule has 0 radical (unpaired) electrons. The summed E-state index contributed by atoms with van der Waals surface area (Å²) in [5, 5.41) is 9.17. The summed E-state index contributed by atoms with van der Waals surface area (Å²) in [5.74, 6) is 0. The van der Waals surface area contributed by atoms with E-state index in [4.69, 9.17) is 0 Å². The Hall–Kier alpha value is -2.23. The highest BCUT2D eigenvalue weighted by molar-refractivity contribution is 5.82. The van der Waals surface area contributed by atoms with Gasteiger partial charge < -0.3 is 10.3 Å². The van der Waals surface area contributed by atoms with E-state index in [-0.39, 0.29) is 0 Å². The van der Waals surface area contributed by atoms with Crippen LogP contribution >= 0.6 is 0 Å². The van der Waals surface area contributed by atoms with E-state index >= 15 is 0 Å². The Bertz CT molecular complexity index is 693. The fourth-order valence-electron chi connectivity index (χ4n) is 2.43. The maximum atomic E-state index is 4.44. The molecule has 0 bridgehead atoms. The van der Waals surface area contributed by atoms with Crippen LogP contribution in [0.2, 0.25) is 0 Å². The summed E-state index contributed by atoms with van der Waals surface area (Å²) in [5.41, 5.74) is 4.71. The van der Waals surface area contributed by atoms with Crippen LogP contribution in [0, 0.1) is 0 Å². The molecule has 2 aromatic heterocycles. The second-order valence-corrected chi connectivity index (χ2v) is 4.73. The van der Waals surface area contributed by atoms with Gasteiger partial charge in [0.15, 0.2) is 0 Å². The molecule has 0 unspecified atom stereocenters. The van der Waals surface area contributed by atoms with Gasteiger partial charge in [0.25, 0.3) is 0 Å². The lowest BCUT2D eigenvalue weighted by Gasteiger charge is -2.07. The topological polar surface area (TPSA) is 45.6 Å². The van der Waals surface area contributed by atoms with Crippen molar-refractivity contribution in [1.29, 1.82) is 0 Å². The number of aryl methyl sites for hydroxylation is 2. The molecular weight excluding hydrogens is 236 g/mol. The molecule has 2 N–H and O–H groups in total. The normalized spacial score (nSPS) is 11.1. The average Bonchev–Trinajstić information content (AvgIpc) is 3.02. The van der Waals surface area contributed by atoms with E-state index in [9.17, 15) is 0 Å². The number of nitrogens with one attached hydrogen (secondary N) is 2. The smallest absolute Gasteiger partial charge is 0.0853 e. The van der Waals surface area contributed by atoms with Gasteiger partial charge in [-0.3, -0.25) is 4.68 Å². The van der Waals surface area contributed by atoms with Gasteiger partial charge in [0.05, 0.1) is 16.9 Å². The molecule has 19 heavy (non-hydrogen) atoms. The van der Waals surface area contributed by atoms with Crippen LogP contribution < -0.4 is 5.32 Å². The summed E-state index contributed by atoms with van der Waals surface area (Å²) < 4.78 is 1.86. The lowest BCUT2D eigenvalue weighted by Crippen LogP contribution is -2.01. The van der Waals surface area contributed by atoms with Crippen molar-refractivity contribution in [2.75, 3.05) is 5.32 Å². The third-order valence-corrected chi connectivity index (χ3v) is 3.38. The molecule has 0 aliphatic carbocycles. The van der Waals surface area contributed by atoms with Crippen LogP contribution in [0.3, 0.4) is 0 Å². The van der Waals surface area contributed by atoms with Crippen molar-refractivity contribution in [3.8, 4) is 0 Å². The van der Waals surface area contributed by atoms with Gasteiger partial charge in [0, 0.05) is 26.0 Å². The first-order valence-corrected chi connectivity index (χ1v) is 6.59. The molecule has 0 spiro atoms. The predicted octanol–water partition coefficient (Wildman–Crippen LogP) is 3.08. The minimum Gasteiger partial charge on any atom is -0.378 e. The summed E-state index contributed by atoms with van der Waals surface area (Å²) in [6.45, 7) is 2.93. The lowest BCUT2D eigenvalue weighted by atomic mass is 10.1. The fraction of sp³-hybridized carbons (Fsp3) is 0.267. The zero-order chi connectivity index (χ0) is 13.2. The maximum Gasteiger partial charge on any atom is 0.0853 e. The molecule has 0 atom stereocenters. The van der Waals surface area contributed by atoms with Gasteiger partial charge in [0.2, 0.25) is 0 Å². The second-order valence-electron chi connectivity index (χ2n) is 4.73. The van der Waals surface area contributed by atoms with Gasteiger partial charge in [-0.25, -0.2) is 0 Å². The monoisotopic (exact) mass is 254 g/mol. The van der Waals surface area contributed by atoms with E-state index in [2.05, 4.69) is 46.6 Å². The minimum absolute atomic E-state index is 0.802. The molecule has 1 aromatic carbocycles. The number of hydrogen-bond acceptors (Lipinski definition) is 2. The van der Waals surface area contributed by atoms with Gasteiger partial charge >= 0.3 is 0 Å². The van der Waals surface area contributed by atoms with Crippen molar-refractivity contribution < 1.29 is 0 Å². The zero-order valence-corrected chi connectivity index (χ0v) is 11.3. The van der Waals surface area contributed by atoms with E-state index in [1.54, 1.807) is 0 Å². The van der Waals surface area contributed by atoms with Crippen molar-refractivity contribution in [2.45, 2.75) is 19.9 Å². The molecule has 98 valence electrons. The quantitative estimate of drug-likeness (QED) is 0.751. The van der Waals surface area contributed by atoms with Crippen molar-refractivity contribution in [1.82, 2.24) is 14.8 Å². The molecular formula is C15H18N4. The van der Waals surface area contributed by atoms with E-state index in [0.717, 1.165) is 24.3 Å². The first-order chi connectivity index (χ1) is 9.28. The molecule has 0 aliphatic rings. The Morgan fingerprint density at radius 2 is 2.21 bits per heavy atom. The zero-order valence-electron chi connectivity index (χ0n) is 11.3. The highest BCUT2D eigenvalue weighted by atomic mass is 15.3. The van der Waals surface area contributed by atoms with Crippen LogP contribution in [0.4, 0.5) is 5.69 Å². The number of nitrogens with zero attached hydrogens (tertiary/aromatic N) is 2. The number of H-pyrrole nitrogens is 1. The molecule has 4 heteroatoms. The molecule has 0 aliphatic heterocycles. The van der Waals surface area contributed by atoms with Gasteiger partial charge in [-0.15, -0.1) is 0 Å². The first kappa shape index (κ1) is 11.8. The largest absolute Gasteiger partial charge is 0.378 e. The molecule has 0 saturated carbocycles. The maximum absolute atomic E-state index is 4.44. The summed E-state index contributed by atoms with van der Waals surface area (Å²) in [6.07, 6.45) is 4.96. The first-order valence-electron chi connectivity index (χ1n) is 6.59. The SMILES string of the molecule is CCc1nn(C)cc1NCc1cccc2cc[nH]c12. The number of hydrogen-bond donors (Lipinski definition) is 2. The number of anilines is 1. The molecule has 3 rings (SSSR count). The molecule has 4 nitrogen and oxygen atoms in total. The highest BCUT2D eigenvalue weighted by Gasteiger charge is 2.06. The molecule has 0 amide bonds. The highest BCUT2D eigenvalue weighted by Crippen LogP contribution is 2.20. The number of rotatable bonds is 4. The Balaban J connectivity index is 1.84. The third kappa shape index (κ3) is 2.21. The second kappa shape index (κ2) is 4.80. The van der Waals surface area contributed by atoms with Crippen LogP contribution in [-0.4, -0.2) is 14.8 Å². The predicted molar refractivity (Wildman–Crippen MR) is 78.2 cm³/mol. The Morgan fingerprint density at radius 3 is 3.05 bits per heavy atom. The van der Waals surface area contributed by atoms with Crippen LogP contribution in [0.25, 0.3) is 10.9 Å². The third-order valence-electron chi connectivity index (χ3n) is 3.38. The minimum atomic E-state index is 0.802. The lowest BCUT2D eigenvalue weighted by molar-refractivity contribution is 0.746. The average molecular weight is 254 g/mol. The van der Waals surface area contributed by atoms with Crippen molar-refractivity contribution in [3.63, 3.8) is 0 Å². The van der Waals surface area contributed by atoms with Crippen LogP contribution in [0.1, 0.15) is 18.2 Å². The van der Waals surface area contributed by atoms with Crippen LogP contribution in [0.5, 0.6) is 0 Å². The molecule has 2 heterocycles. The number of benzene rings is 1. The van der Waals surface area contributed by atoms with E-state index in [1.807, 2.05) is 24.1 Å². The number of aromatic nitrogens is 3. The van der Waals surface area contributed by atoms with E-state index in [1.165, 1.54) is 16.5 Å². The molecule has 3 aromatic rings. The van der Waals surface area contributed by atoms with Crippen LogP contribution in [0.15, 0.2) is 36.7 Å². The summed E-state index contributed by atoms with van der Waals surface area (Å²) in [4.78, 5) is 3.30. The van der Waals surface area contributed by atoms with Gasteiger partial charge in [0.1, 0.15) is 0 Å². The van der Waals surface area contributed by atoms with E-state index < -0.39 is 0 Å². The van der Waals surface area contributed by atoms with Crippen molar-refractivity contribution >= 4 is 16.6 Å². The van der Waals surface area contributed by atoms with Crippen molar-refractivity contribution in [2.24, 2.45) is 7.05 Å². The number of para-hydroxylation sites is 1. The molecule has 0 saturated heterocycles. The standard InChI is InChI=1S/C15H18N4/c1-3-13-14(10-19(2)18-13)17-9-12-6-4-5-11-7-8-16-15(11)12/h4-8,10,16-17H,3,9H2,1-2H3. The Morgan fingerprint density at radius 1 is 1.32 bits per heavy atom. The van der Waals surface area contributed by atoms with Crippen molar-refractivity contribution in [3.05, 3.63) is 47.9 Å². The Kier molecular flexibility index (Phi) is 2.99. The van der Waals surface area contributed by atoms with Gasteiger partial charge in [-0.2, -0.15) is 5.10 Å².